The topological polar surface area (TPSA) is 83.1 Å². The smallest absolute Gasteiger partial charge is 0.338 e. The first-order chi connectivity index (χ1) is 13.5. The van der Waals surface area contributed by atoms with E-state index in [1.165, 1.54) is 0 Å². The van der Waals surface area contributed by atoms with Crippen LogP contribution >= 0.6 is 0 Å². The lowest BCUT2D eigenvalue weighted by Crippen LogP contribution is -2.21. The van der Waals surface area contributed by atoms with Gasteiger partial charge in [-0.05, 0) is 50.2 Å². The molecule has 0 saturated heterocycles. The van der Waals surface area contributed by atoms with Crippen LogP contribution in [0.25, 0.3) is 0 Å². The van der Waals surface area contributed by atoms with Crippen molar-refractivity contribution < 1.29 is 28.5 Å². The van der Waals surface area contributed by atoms with Crippen molar-refractivity contribution in [3.8, 4) is 17.2 Å². The van der Waals surface area contributed by atoms with E-state index in [-0.39, 0.29) is 6.10 Å². The van der Waals surface area contributed by atoms with Crippen LogP contribution < -0.4 is 19.5 Å². The number of nitrogens with one attached hydrogen (secondary N) is 1. The lowest BCUT2D eigenvalue weighted by molar-refractivity contribution is -0.119. The molecule has 7 nitrogen and oxygen atoms in total. The first-order valence-electron chi connectivity index (χ1n) is 9.14. The van der Waals surface area contributed by atoms with E-state index in [9.17, 15) is 9.59 Å². The van der Waals surface area contributed by atoms with E-state index in [1.807, 2.05) is 13.8 Å². The van der Waals surface area contributed by atoms with Crippen LogP contribution in [0.4, 0.5) is 5.69 Å². The minimum absolute atomic E-state index is 0.0476. The van der Waals surface area contributed by atoms with Gasteiger partial charge in [-0.1, -0.05) is 0 Å². The lowest BCUT2D eigenvalue weighted by atomic mass is 10.2. The average Bonchev–Trinajstić information content (AvgIpc) is 2.91. The summed E-state index contributed by atoms with van der Waals surface area (Å²) in [6.45, 7) is 4.61. The molecule has 0 aliphatic carbocycles. The van der Waals surface area contributed by atoms with Crippen LogP contribution in [-0.4, -0.2) is 37.8 Å². The van der Waals surface area contributed by atoms with Crippen molar-refractivity contribution in [1.82, 2.24) is 0 Å². The third-order valence-corrected chi connectivity index (χ3v) is 3.83. The van der Waals surface area contributed by atoms with E-state index >= 15 is 0 Å². The zero-order chi connectivity index (χ0) is 19.9. The minimum atomic E-state index is -0.579. The van der Waals surface area contributed by atoms with Crippen molar-refractivity contribution in [2.24, 2.45) is 0 Å². The second-order valence-electron chi connectivity index (χ2n) is 6.53. The number of hydrogen-bond donors (Lipinski definition) is 1. The molecule has 148 valence electrons. The summed E-state index contributed by atoms with van der Waals surface area (Å²) in [5, 5.41) is 2.68. The largest absolute Gasteiger partial charge is 0.491 e. The molecule has 28 heavy (non-hydrogen) atoms. The van der Waals surface area contributed by atoms with Crippen LogP contribution in [0.5, 0.6) is 17.2 Å². The fourth-order valence-electron chi connectivity index (χ4n) is 2.59. The Kier molecular flexibility index (Phi) is 6.37. The van der Waals surface area contributed by atoms with Crippen molar-refractivity contribution >= 4 is 17.6 Å². The van der Waals surface area contributed by atoms with Crippen molar-refractivity contribution in [3.05, 3.63) is 48.0 Å². The van der Waals surface area contributed by atoms with E-state index in [1.54, 1.807) is 42.5 Å². The third kappa shape index (κ3) is 5.39. The average molecular weight is 385 g/mol. The summed E-state index contributed by atoms with van der Waals surface area (Å²) in [5.74, 6) is 0.869. The number of esters is 1. The second kappa shape index (κ2) is 9.12. The summed E-state index contributed by atoms with van der Waals surface area (Å²) < 4.78 is 21.7. The molecule has 1 aliphatic heterocycles. The normalized spacial score (nSPS) is 12.8. The molecule has 0 radical (unpaired) electrons. The number of fused-ring (bicyclic) bond motifs is 1. The van der Waals surface area contributed by atoms with Gasteiger partial charge in [0.05, 0.1) is 24.9 Å². The van der Waals surface area contributed by atoms with Gasteiger partial charge in [0.2, 0.25) is 0 Å². The van der Waals surface area contributed by atoms with Crippen molar-refractivity contribution in [2.45, 2.75) is 26.4 Å². The van der Waals surface area contributed by atoms with Gasteiger partial charge in [-0.15, -0.1) is 0 Å². The van der Waals surface area contributed by atoms with Crippen LogP contribution in [-0.2, 0) is 9.53 Å². The standard InChI is InChI=1S/C21H23NO6/c1-14(2)28-17-7-4-15(5-8-17)21(24)27-13-20(23)22-16-6-9-18-19(12-16)26-11-3-10-25-18/h4-9,12,14H,3,10-11,13H2,1-2H3,(H,22,23). The number of hydrogen-bond acceptors (Lipinski definition) is 6. The van der Waals surface area contributed by atoms with Crippen LogP contribution in [0.2, 0.25) is 0 Å². The van der Waals surface area contributed by atoms with E-state index in [4.69, 9.17) is 18.9 Å². The maximum Gasteiger partial charge on any atom is 0.338 e. The lowest BCUT2D eigenvalue weighted by Gasteiger charge is -2.11. The Hall–Kier alpha value is -3.22. The maximum absolute atomic E-state index is 12.1. The number of rotatable bonds is 6. The molecule has 1 N–H and O–H groups in total. The predicted molar refractivity (Wildman–Crippen MR) is 103 cm³/mol. The maximum atomic E-state index is 12.1. The molecule has 0 aromatic heterocycles. The molecule has 2 aromatic carbocycles. The van der Waals surface area contributed by atoms with Gasteiger partial charge in [-0.25, -0.2) is 4.79 Å². The van der Waals surface area contributed by atoms with Crippen molar-refractivity contribution in [2.75, 3.05) is 25.1 Å². The minimum Gasteiger partial charge on any atom is -0.491 e. The highest BCUT2D eigenvalue weighted by Gasteiger charge is 2.14. The Bertz CT molecular complexity index is 831. The van der Waals surface area contributed by atoms with Crippen LogP contribution in [0.3, 0.4) is 0 Å². The van der Waals surface area contributed by atoms with Crippen LogP contribution in [0, 0.1) is 0 Å². The number of anilines is 1. The summed E-state index contributed by atoms with van der Waals surface area (Å²) in [6, 6.07) is 11.7. The van der Waals surface area contributed by atoms with Gasteiger partial charge in [0.15, 0.2) is 18.1 Å². The van der Waals surface area contributed by atoms with Crippen LogP contribution in [0.1, 0.15) is 30.6 Å². The van der Waals surface area contributed by atoms with Crippen molar-refractivity contribution in [1.29, 1.82) is 0 Å². The number of benzene rings is 2. The molecule has 1 heterocycles. The van der Waals surface area contributed by atoms with Gasteiger partial charge in [0, 0.05) is 18.2 Å². The highest BCUT2D eigenvalue weighted by Crippen LogP contribution is 2.32. The van der Waals surface area contributed by atoms with Crippen molar-refractivity contribution in [3.63, 3.8) is 0 Å². The SMILES string of the molecule is CC(C)Oc1ccc(C(=O)OCC(=O)Nc2ccc3c(c2)OCCCO3)cc1. The number of carbonyl (C=O) groups is 2. The number of amides is 1. The molecule has 1 amide bonds. The number of carbonyl (C=O) groups excluding carboxylic acids is 2. The van der Waals surface area contributed by atoms with E-state index in [0.29, 0.717) is 41.7 Å². The first kappa shape index (κ1) is 19.5. The van der Waals surface area contributed by atoms with Gasteiger partial charge in [-0.2, -0.15) is 0 Å². The summed E-state index contributed by atoms with van der Waals surface area (Å²) in [5.41, 5.74) is 0.889. The highest BCUT2D eigenvalue weighted by molar-refractivity contribution is 5.95. The summed E-state index contributed by atoms with van der Waals surface area (Å²) >= 11 is 0. The Morgan fingerprint density at radius 3 is 2.46 bits per heavy atom. The molecule has 7 heteroatoms. The zero-order valence-corrected chi connectivity index (χ0v) is 15.9. The number of ether oxygens (including phenoxy) is 4. The Morgan fingerprint density at radius 2 is 1.75 bits per heavy atom. The van der Waals surface area contributed by atoms with Crippen LogP contribution in [0.15, 0.2) is 42.5 Å². The summed E-state index contributed by atoms with van der Waals surface area (Å²) in [4.78, 5) is 24.2. The van der Waals surface area contributed by atoms with Gasteiger partial charge >= 0.3 is 5.97 Å². The highest BCUT2D eigenvalue weighted by atomic mass is 16.5. The quantitative estimate of drug-likeness (QED) is 0.767. The third-order valence-electron chi connectivity index (χ3n) is 3.83. The van der Waals surface area contributed by atoms with E-state index in [0.717, 1.165) is 6.42 Å². The molecule has 0 unspecified atom stereocenters. The molecular formula is C21H23NO6. The summed E-state index contributed by atoms with van der Waals surface area (Å²) in [6.07, 6.45) is 0.850. The predicted octanol–water partition coefficient (Wildman–Crippen LogP) is 3.43. The zero-order valence-electron chi connectivity index (χ0n) is 15.9. The molecule has 0 bridgehead atoms. The molecule has 0 spiro atoms. The second-order valence-corrected chi connectivity index (χ2v) is 6.53. The molecule has 2 aromatic rings. The van der Waals surface area contributed by atoms with Gasteiger partial charge in [0.25, 0.3) is 5.91 Å². The molecule has 3 rings (SSSR count). The van der Waals surface area contributed by atoms with E-state index in [2.05, 4.69) is 5.32 Å². The molecule has 0 atom stereocenters. The fourth-order valence-corrected chi connectivity index (χ4v) is 2.59. The van der Waals surface area contributed by atoms with E-state index < -0.39 is 18.5 Å². The molecule has 0 fully saturated rings. The Labute approximate surface area is 163 Å². The fraction of sp³-hybridized carbons (Fsp3) is 0.333. The Balaban J connectivity index is 1.51. The van der Waals surface area contributed by atoms with Gasteiger partial charge in [-0.3, -0.25) is 4.79 Å². The monoisotopic (exact) mass is 385 g/mol. The summed E-state index contributed by atoms with van der Waals surface area (Å²) in [7, 11) is 0. The van der Waals surface area contributed by atoms with Gasteiger partial charge in [0.1, 0.15) is 5.75 Å². The molecule has 0 saturated carbocycles. The first-order valence-corrected chi connectivity index (χ1v) is 9.14. The Morgan fingerprint density at radius 1 is 1.04 bits per heavy atom. The molecular weight excluding hydrogens is 362 g/mol. The molecule has 1 aliphatic rings. The van der Waals surface area contributed by atoms with Gasteiger partial charge < -0.3 is 24.3 Å².